The van der Waals surface area contributed by atoms with Gasteiger partial charge in [0.15, 0.2) is 11.6 Å². The van der Waals surface area contributed by atoms with Crippen LogP contribution in [0.4, 0.5) is 0 Å². The summed E-state index contributed by atoms with van der Waals surface area (Å²) < 4.78 is 0. The van der Waals surface area contributed by atoms with Crippen molar-refractivity contribution >= 4 is 11.6 Å². The lowest BCUT2D eigenvalue weighted by Crippen LogP contribution is -2.35. The van der Waals surface area contributed by atoms with Gasteiger partial charge in [-0.1, -0.05) is 30.7 Å². The van der Waals surface area contributed by atoms with Crippen molar-refractivity contribution in [2.24, 2.45) is 0 Å². The average molecular weight is 334 g/mol. The van der Waals surface area contributed by atoms with E-state index in [0.29, 0.717) is 22.3 Å². The number of benzene rings is 1. The van der Waals surface area contributed by atoms with Crippen LogP contribution in [0.25, 0.3) is 0 Å². The van der Waals surface area contributed by atoms with E-state index in [1.807, 2.05) is 24.6 Å². The Hall–Kier alpha value is -2.46. The van der Waals surface area contributed by atoms with E-state index in [1.165, 1.54) is 32.4 Å². The molecule has 1 aliphatic carbocycles. The Bertz CT molecular complexity index is 745. The van der Waals surface area contributed by atoms with Gasteiger partial charge in [-0.25, -0.2) is 0 Å². The van der Waals surface area contributed by atoms with E-state index in [4.69, 9.17) is 0 Å². The Balaban J connectivity index is 1.46. The first-order chi connectivity index (χ1) is 12.2. The first-order valence-electron chi connectivity index (χ1n) is 9.01. The van der Waals surface area contributed by atoms with Gasteiger partial charge in [-0.05, 0) is 43.7 Å². The first-order valence-corrected chi connectivity index (χ1v) is 9.01. The Kier molecular flexibility index (Phi) is 4.36. The molecule has 3 aliphatic rings. The van der Waals surface area contributed by atoms with Crippen LogP contribution in [0.3, 0.4) is 0 Å². The van der Waals surface area contributed by atoms with Crippen molar-refractivity contribution in [3.8, 4) is 0 Å². The lowest BCUT2D eigenvalue weighted by atomic mass is 10.0. The number of Topliss-reactive ketones (excluding diaryl/α,β-unsaturated/α-hetero) is 2. The molecule has 0 spiro atoms. The molecule has 0 unspecified atom stereocenters. The standard InChI is InChI=1S/C21H22N2O2/c24-20-17-6-2-3-7-18(17)21(25)19(20)16-8-12-23(13-9-16)15-14-22-10-4-1-5-11-22/h2-3,6-9,12-13H,1,4-5,10-11,14-15H2. The highest BCUT2D eigenvalue weighted by atomic mass is 16.2. The molecule has 0 bridgehead atoms. The number of allylic oxidation sites excluding steroid dienone is 4. The van der Waals surface area contributed by atoms with Crippen molar-refractivity contribution in [3.63, 3.8) is 0 Å². The van der Waals surface area contributed by atoms with Gasteiger partial charge < -0.3 is 9.80 Å². The first kappa shape index (κ1) is 16.0. The van der Waals surface area contributed by atoms with Gasteiger partial charge in [-0.2, -0.15) is 0 Å². The van der Waals surface area contributed by atoms with E-state index in [0.717, 1.165) is 13.1 Å². The van der Waals surface area contributed by atoms with Crippen LogP contribution in [0.5, 0.6) is 0 Å². The summed E-state index contributed by atoms with van der Waals surface area (Å²) in [5.74, 6) is -0.321. The van der Waals surface area contributed by atoms with Crippen molar-refractivity contribution in [3.05, 3.63) is 71.1 Å². The second kappa shape index (κ2) is 6.81. The number of carbonyl (C=O) groups is 2. The molecule has 0 aromatic heterocycles. The molecule has 2 heterocycles. The normalized spacial score (nSPS) is 20.6. The Labute approximate surface area is 148 Å². The van der Waals surface area contributed by atoms with Gasteiger partial charge >= 0.3 is 0 Å². The van der Waals surface area contributed by atoms with Gasteiger partial charge in [0, 0.05) is 36.6 Å². The fourth-order valence-corrected chi connectivity index (χ4v) is 3.73. The van der Waals surface area contributed by atoms with Crippen molar-refractivity contribution in [1.82, 2.24) is 9.80 Å². The van der Waals surface area contributed by atoms with Crippen LogP contribution in [-0.4, -0.2) is 47.5 Å². The highest BCUT2D eigenvalue weighted by Crippen LogP contribution is 2.30. The summed E-state index contributed by atoms with van der Waals surface area (Å²) >= 11 is 0. The highest BCUT2D eigenvalue weighted by molar-refractivity contribution is 6.40. The number of carbonyl (C=O) groups excluding carboxylic acids is 2. The molecule has 0 atom stereocenters. The lowest BCUT2D eigenvalue weighted by molar-refractivity contribution is 0.0988. The summed E-state index contributed by atoms with van der Waals surface area (Å²) in [6.07, 6.45) is 11.6. The third kappa shape index (κ3) is 3.10. The van der Waals surface area contributed by atoms with Gasteiger partial charge in [0.1, 0.15) is 0 Å². The topological polar surface area (TPSA) is 40.6 Å². The van der Waals surface area contributed by atoms with Gasteiger partial charge in [0.05, 0.1) is 5.57 Å². The van der Waals surface area contributed by atoms with Crippen molar-refractivity contribution in [2.45, 2.75) is 19.3 Å². The highest BCUT2D eigenvalue weighted by Gasteiger charge is 2.34. The lowest BCUT2D eigenvalue weighted by Gasteiger charge is -2.29. The molecule has 4 nitrogen and oxygen atoms in total. The van der Waals surface area contributed by atoms with Gasteiger partial charge in [-0.15, -0.1) is 0 Å². The van der Waals surface area contributed by atoms with Crippen LogP contribution in [-0.2, 0) is 0 Å². The number of hydrogen-bond donors (Lipinski definition) is 0. The van der Waals surface area contributed by atoms with E-state index < -0.39 is 0 Å². The van der Waals surface area contributed by atoms with Crippen LogP contribution in [0.1, 0.15) is 40.0 Å². The minimum atomic E-state index is -0.160. The number of ketones is 2. The summed E-state index contributed by atoms with van der Waals surface area (Å²) in [5.41, 5.74) is 2.04. The van der Waals surface area contributed by atoms with Crippen LogP contribution in [0.15, 0.2) is 60.0 Å². The number of likely N-dealkylation sites (tertiary alicyclic amines) is 1. The largest absolute Gasteiger partial charge is 0.353 e. The molecule has 1 aromatic rings. The van der Waals surface area contributed by atoms with E-state index in [-0.39, 0.29) is 11.6 Å². The summed E-state index contributed by atoms with van der Waals surface area (Å²) in [5, 5.41) is 0. The predicted molar refractivity (Wildman–Crippen MR) is 97.4 cm³/mol. The predicted octanol–water partition coefficient (Wildman–Crippen LogP) is 3.19. The third-order valence-corrected chi connectivity index (χ3v) is 5.17. The van der Waals surface area contributed by atoms with Crippen LogP contribution < -0.4 is 0 Å². The fourth-order valence-electron chi connectivity index (χ4n) is 3.73. The van der Waals surface area contributed by atoms with E-state index in [9.17, 15) is 9.59 Å². The van der Waals surface area contributed by atoms with Crippen molar-refractivity contribution < 1.29 is 9.59 Å². The van der Waals surface area contributed by atoms with Gasteiger partial charge in [-0.3, -0.25) is 9.59 Å². The van der Waals surface area contributed by atoms with E-state index >= 15 is 0 Å². The zero-order chi connectivity index (χ0) is 17.2. The van der Waals surface area contributed by atoms with Crippen molar-refractivity contribution in [1.29, 1.82) is 0 Å². The second-order valence-electron chi connectivity index (χ2n) is 6.81. The molecule has 1 aromatic carbocycles. The molecule has 4 rings (SSSR count). The second-order valence-corrected chi connectivity index (χ2v) is 6.81. The van der Waals surface area contributed by atoms with E-state index in [1.54, 1.807) is 24.3 Å². The molecule has 1 fully saturated rings. The molecule has 0 saturated carbocycles. The number of nitrogens with zero attached hydrogens (tertiary/aromatic N) is 2. The Morgan fingerprint density at radius 3 is 2.00 bits per heavy atom. The maximum Gasteiger partial charge on any atom is 0.198 e. The van der Waals surface area contributed by atoms with E-state index in [2.05, 4.69) is 9.80 Å². The molecule has 128 valence electrons. The number of rotatable bonds is 3. The van der Waals surface area contributed by atoms with Gasteiger partial charge in [0.2, 0.25) is 0 Å². The summed E-state index contributed by atoms with van der Waals surface area (Å²) in [4.78, 5) is 29.7. The third-order valence-electron chi connectivity index (χ3n) is 5.17. The summed E-state index contributed by atoms with van der Waals surface area (Å²) in [6, 6.07) is 7.05. The van der Waals surface area contributed by atoms with Crippen LogP contribution in [0.2, 0.25) is 0 Å². The minimum absolute atomic E-state index is 0.160. The molecule has 1 saturated heterocycles. The zero-order valence-electron chi connectivity index (χ0n) is 14.3. The molecule has 4 heteroatoms. The smallest absolute Gasteiger partial charge is 0.198 e. The van der Waals surface area contributed by atoms with Crippen molar-refractivity contribution in [2.75, 3.05) is 26.2 Å². The SMILES string of the molecule is O=C1C(=C2C=CN(CCN3CCCCC3)C=C2)C(=O)c2ccccc21. The molecule has 0 N–H and O–H groups in total. The zero-order valence-corrected chi connectivity index (χ0v) is 14.3. The average Bonchev–Trinajstić information content (AvgIpc) is 2.93. The maximum atomic E-state index is 12.6. The maximum absolute atomic E-state index is 12.6. The molecule has 0 amide bonds. The quantitative estimate of drug-likeness (QED) is 0.629. The Morgan fingerprint density at radius 1 is 0.800 bits per heavy atom. The summed E-state index contributed by atoms with van der Waals surface area (Å²) in [7, 11) is 0. The molecular formula is C21H22N2O2. The number of piperidine rings is 1. The fraction of sp³-hybridized carbons (Fsp3) is 0.333. The van der Waals surface area contributed by atoms with Gasteiger partial charge in [0.25, 0.3) is 0 Å². The monoisotopic (exact) mass is 334 g/mol. The molecular weight excluding hydrogens is 312 g/mol. The number of hydrogen-bond acceptors (Lipinski definition) is 4. The minimum Gasteiger partial charge on any atom is -0.353 e. The molecule has 25 heavy (non-hydrogen) atoms. The number of fused-ring (bicyclic) bond motifs is 1. The van der Waals surface area contributed by atoms with Crippen LogP contribution >= 0.6 is 0 Å². The molecule has 2 aliphatic heterocycles. The summed E-state index contributed by atoms with van der Waals surface area (Å²) in [6.45, 7) is 4.36. The van der Waals surface area contributed by atoms with Crippen LogP contribution in [0, 0.1) is 0 Å². The Morgan fingerprint density at radius 2 is 1.40 bits per heavy atom. The molecule has 0 radical (unpaired) electrons.